The molecule has 2 unspecified atom stereocenters. The number of anilines is 3. The van der Waals surface area contributed by atoms with Gasteiger partial charge in [0, 0.05) is 30.4 Å². The fourth-order valence-corrected chi connectivity index (χ4v) is 4.04. The molecule has 4 heterocycles. The second-order valence-corrected chi connectivity index (χ2v) is 8.06. The van der Waals surface area contributed by atoms with Crippen LogP contribution in [0.25, 0.3) is 5.65 Å². The highest BCUT2D eigenvalue weighted by Gasteiger charge is 2.39. The Bertz CT molecular complexity index is 1040. The molecule has 0 aromatic carbocycles. The molecule has 3 aromatic rings. The SMILES string of the molecule is CCOC(=O)C1CC(Cl)CN1c1nc(Nc2cc(C3CC3)[nH]n2)n2cccc2n1. The van der Waals surface area contributed by atoms with E-state index in [1.807, 2.05) is 33.7 Å². The van der Waals surface area contributed by atoms with Crippen LogP contribution >= 0.6 is 11.6 Å². The molecule has 1 saturated carbocycles. The third kappa shape index (κ3) is 3.50. The topological polar surface area (TPSA) is 100 Å². The smallest absolute Gasteiger partial charge is 0.328 e. The minimum absolute atomic E-state index is 0.167. The summed E-state index contributed by atoms with van der Waals surface area (Å²) in [6.07, 6.45) is 4.78. The lowest BCUT2D eigenvalue weighted by atomic mass is 10.2. The zero-order valence-electron chi connectivity index (χ0n) is 16.0. The number of alkyl halides is 1. The average molecular weight is 416 g/mol. The fraction of sp³-hybridized carbons (Fsp3) is 0.474. The van der Waals surface area contributed by atoms with Crippen molar-refractivity contribution < 1.29 is 9.53 Å². The summed E-state index contributed by atoms with van der Waals surface area (Å²) in [5.74, 6) is 2.00. The Kier molecular flexibility index (Phi) is 4.54. The zero-order valence-corrected chi connectivity index (χ0v) is 16.8. The molecule has 1 aliphatic carbocycles. The molecule has 1 aliphatic heterocycles. The van der Waals surface area contributed by atoms with Gasteiger partial charge in [0.05, 0.1) is 12.0 Å². The second kappa shape index (κ2) is 7.22. The number of rotatable bonds is 6. The van der Waals surface area contributed by atoms with E-state index in [4.69, 9.17) is 21.3 Å². The molecule has 29 heavy (non-hydrogen) atoms. The van der Waals surface area contributed by atoms with Crippen LogP contribution in [0.15, 0.2) is 24.4 Å². The van der Waals surface area contributed by atoms with Gasteiger partial charge in [0.2, 0.25) is 11.9 Å². The first-order valence-corrected chi connectivity index (χ1v) is 10.3. The molecule has 0 bridgehead atoms. The summed E-state index contributed by atoms with van der Waals surface area (Å²) in [6, 6.07) is 5.32. The number of aromatic amines is 1. The number of H-pyrrole nitrogens is 1. The molecule has 2 aliphatic rings. The van der Waals surface area contributed by atoms with E-state index in [9.17, 15) is 4.79 Å². The van der Waals surface area contributed by atoms with Gasteiger partial charge < -0.3 is 15.0 Å². The van der Waals surface area contributed by atoms with Gasteiger partial charge in [0.15, 0.2) is 5.82 Å². The molecule has 2 atom stereocenters. The molecule has 0 radical (unpaired) electrons. The van der Waals surface area contributed by atoms with Gasteiger partial charge in [-0.2, -0.15) is 15.1 Å². The van der Waals surface area contributed by atoms with Gasteiger partial charge in [-0.3, -0.25) is 9.50 Å². The Morgan fingerprint density at radius 2 is 2.28 bits per heavy atom. The Morgan fingerprint density at radius 1 is 1.41 bits per heavy atom. The number of esters is 1. The molecule has 0 amide bonds. The quantitative estimate of drug-likeness (QED) is 0.471. The van der Waals surface area contributed by atoms with Gasteiger partial charge >= 0.3 is 5.97 Å². The van der Waals surface area contributed by atoms with Crippen molar-refractivity contribution in [2.75, 3.05) is 23.4 Å². The van der Waals surface area contributed by atoms with E-state index in [-0.39, 0.29) is 11.3 Å². The van der Waals surface area contributed by atoms with Crippen LogP contribution in [0.1, 0.15) is 37.8 Å². The standard InChI is InChI=1S/C19H22ClN7O2/c1-2-29-17(28)14-8-12(20)10-27(14)19-22-16-4-3-7-26(16)18(23-19)21-15-9-13(24-25-15)11-5-6-11/h3-4,7,9,11-12,14H,2,5-6,8,10H2,1H3,(H2,21,22,23,24,25). The Morgan fingerprint density at radius 3 is 3.07 bits per heavy atom. The molecule has 0 spiro atoms. The Hall–Kier alpha value is -2.81. The van der Waals surface area contributed by atoms with Crippen LogP contribution in [0.3, 0.4) is 0 Å². The number of hydrogen-bond acceptors (Lipinski definition) is 7. The molecule has 5 rings (SSSR count). The number of nitrogens with one attached hydrogen (secondary N) is 2. The number of carbonyl (C=O) groups excluding carboxylic acids is 1. The summed E-state index contributed by atoms with van der Waals surface area (Å²) in [7, 11) is 0. The van der Waals surface area contributed by atoms with Crippen molar-refractivity contribution in [3.05, 3.63) is 30.1 Å². The molecule has 152 valence electrons. The minimum Gasteiger partial charge on any atom is -0.464 e. The van der Waals surface area contributed by atoms with Crippen molar-refractivity contribution in [2.45, 2.75) is 43.5 Å². The molecule has 2 N–H and O–H groups in total. The van der Waals surface area contributed by atoms with Crippen LogP contribution in [0.5, 0.6) is 0 Å². The van der Waals surface area contributed by atoms with Crippen molar-refractivity contribution in [1.82, 2.24) is 24.6 Å². The summed E-state index contributed by atoms with van der Waals surface area (Å²) in [5, 5.41) is 10.5. The number of fused-ring (bicyclic) bond motifs is 1. The van der Waals surface area contributed by atoms with Crippen molar-refractivity contribution in [3.8, 4) is 0 Å². The van der Waals surface area contributed by atoms with Gasteiger partial charge in [-0.1, -0.05) is 0 Å². The van der Waals surface area contributed by atoms with Gasteiger partial charge in [-0.25, -0.2) is 4.79 Å². The van der Waals surface area contributed by atoms with Crippen LogP contribution in [0, 0.1) is 0 Å². The van der Waals surface area contributed by atoms with Gasteiger partial charge in [-0.15, -0.1) is 11.6 Å². The minimum atomic E-state index is -0.491. The number of hydrogen-bond donors (Lipinski definition) is 2. The zero-order chi connectivity index (χ0) is 20.0. The number of ether oxygens (including phenoxy) is 1. The predicted molar refractivity (Wildman–Crippen MR) is 109 cm³/mol. The fourth-order valence-electron chi connectivity index (χ4n) is 3.72. The van der Waals surface area contributed by atoms with Crippen molar-refractivity contribution in [3.63, 3.8) is 0 Å². The molecule has 2 fully saturated rings. The van der Waals surface area contributed by atoms with Gasteiger partial charge in [0.25, 0.3) is 0 Å². The van der Waals surface area contributed by atoms with E-state index in [2.05, 4.69) is 20.5 Å². The van der Waals surface area contributed by atoms with Crippen LogP contribution < -0.4 is 10.2 Å². The average Bonchev–Trinajstić information content (AvgIpc) is 3.10. The van der Waals surface area contributed by atoms with E-state index >= 15 is 0 Å². The van der Waals surface area contributed by atoms with E-state index in [0.717, 1.165) is 11.3 Å². The second-order valence-electron chi connectivity index (χ2n) is 7.44. The first kappa shape index (κ1) is 18.2. The number of aromatic nitrogens is 5. The first-order valence-electron chi connectivity index (χ1n) is 9.87. The van der Waals surface area contributed by atoms with Gasteiger partial charge in [-0.05, 0) is 38.3 Å². The molecule has 1 saturated heterocycles. The van der Waals surface area contributed by atoms with Crippen LogP contribution in [0.4, 0.5) is 17.7 Å². The van der Waals surface area contributed by atoms with E-state index in [0.29, 0.717) is 43.2 Å². The molecule has 3 aromatic heterocycles. The number of carbonyl (C=O) groups is 1. The number of nitrogens with zero attached hydrogens (tertiary/aromatic N) is 5. The molecule has 10 heteroatoms. The predicted octanol–water partition coefficient (Wildman–Crippen LogP) is 2.82. The summed E-state index contributed by atoms with van der Waals surface area (Å²) >= 11 is 6.36. The Balaban J connectivity index is 1.48. The van der Waals surface area contributed by atoms with Crippen LogP contribution in [-0.4, -0.2) is 55.1 Å². The molecular weight excluding hydrogens is 394 g/mol. The maximum atomic E-state index is 12.4. The normalized spacial score (nSPS) is 21.7. The summed E-state index contributed by atoms with van der Waals surface area (Å²) in [4.78, 5) is 23.6. The van der Waals surface area contributed by atoms with Crippen molar-refractivity contribution in [2.24, 2.45) is 0 Å². The van der Waals surface area contributed by atoms with E-state index in [1.165, 1.54) is 12.8 Å². The monoisotopic (exact) mass is 415 g/mol. The summed E-state index contributed by atoms with van der Waals surface area (Å²) in [6.45, 7) is 2.60. The lowest BCUT2D eigenvalue weighted by Crippen LogP contribution is -2.38. The summed E-state index contributed by atoms with van der Waals surface area (Å²) < 4.78 is 7.08. The van der Waals surface area contributed by atoms with Crippen LogP contribution in [-0.2, 0) is 9.53 Å². The lowest BCUT2D eigenvalue weighted by molar-refractivity contribution is -0.144. The molecule has 9 nitrogen and oxygen atoms in total. The molecular formula is C19H22ClN7O2. The van der Waals surface area contributed by atoms with Crippen LogP contribution in [0.2, 0.25) is 0 Å². The lowest BCUT2D eigenvalue weighted by Gasteiger charge is -2.23. The maximum absolute atomic E-state index is 12.4. The number of halogens is 1. The van der Waals surface area contributed by atoms with E-state index in [1.54, 1.807) is 6.92 Å². The highest BCUT2D eigenvalue weighted by Crippen LogP contribution is 2.39. The maximum Gasteiger partial charge on any atom is 0.328 e. The highest BCUT2D eigenvalue weighted by atomic mass is 35.5. The van der Waals surface area contributed by atoms with Crippen molar-refractivity contribution in [1.29, 1.82) is 0 Å². The van der Waals surface area contributed by atoms with E-state index < -0.39 is 6.04 Å². The largest absolute Gasteiger partial charge is 0.464 e. The highest BCUT2D eigenvalue weighted by molar-refractivity contribution is 6.21. The third-order valence-corrected chi connectivity index (χ3v) is 5.61. The van der Waals surface area contributed by atoms with Gasteiger partial charge in [0.1, 0.15) is 11.7 Å². The Labute approximate surface area is 172 Å². The van der Waals surface area contributed by atoms with Crippen molar-refractivity contribution >= 4 is 40.9 Å². The first-order chi connectivity index (χ1) is 14.1. The third-order valence-electron chi connectivity index (χ3n) is 5.30. The summed E-state index contributed by atoms with van der Waals surface area (Å²) in [5.41, 5.74) is 1.86.